The van der Waals surface area contributed by atoms with Crippen LogP contribution in [0.5, 0.6) is 0 Å². The molecule has 0 unspecified atom stereocenters. The van der Waals surface area contributed by atoms with E-state index in [-0.39, 0.29) is 31.1 Å². The number of nitro benzene ring substituents is 1. The summed E-state index contributed by atoms with van der Waals surface area (Å²) < 4.78 is 0. The van der Waals surface area contributed by atoms with Crippen molar-refractivity contribution in [3.05, 3.63) is 69.8 Å². The van der Waals surface area contributed by atoms with Gasteiger partial charge in [-0.25, -0.2) is 0 Å². The number of benzene rings is 2. The molecule has 0 radical (unpaired) electrons. The number of anilines is 1. The van der Waals surface area contributed by atoms with Crippen LogP contribution in [-0.2, 0) is 11.3 Å². The van der Waals surface area contributed by atoms with E-state index in [9.17, 15) is 19.7 Å². The Morgan fingerprint density at radius 1 is 1.12 bits per heavy atom. The standard InChI is InChI=1S/C17H18N4O4/c18-17(23)13-5-3-4-12(10-13)11-20-16(22)8-9-19-14-6-1-2-7-15(14)21(24)25/h1-7,10,19H,8-9,11H2,(H2,18,23)(H,20,22). The van der Waals surface area contributed by atoms with Gasteiger partial charge in [-0.3, -0.25) is 19.7 Å². The van der Waals surface area contributed by atoms with E-state index in [0.29, 0.717) is 11.3 Å². The highest BCUT2D eigenvalue weighted by molar-refractivity contribution is 5.92. The lowest BCUT2D eigenvalue weighted by molar-refractivity contribution is -0.384. The molecule has 0 heterocycles. The third kappa shape index (κ3) is 5.31. The summed E-state index contributed by atoms with van der Waals surface area (Å²) in [5.74, 6) is -0.739. The van der Waals surface area contributed by atoms with Crippen molar-refractivity contribution >= 4 is 23.2 Å². The van der Waals surface area contributed by atoms with Gasteiger partial charge in [0.25, 0.3) is 5.69 Å². The molecule has 2 amide bonds. The summed E-state index contributed by atoms with van der Waals surface area (Å²) in [7, 11) is 0. The fraction of sp³-hybridized carbons (Fsp3) is 0.176. The number of hydrogen-bond acceptors (Lipinski definition) is 5. The summed E-state index contributed by atoms with van der Waals surface area (Å²) in [6, 6.07) is 12.9. The van der Waals surface area contributed by atoms with Gasteiger partial charge in [-0.2, -0.15) is 0 Å². The quantitative estimate of drug-likeness (QED) is 0.498. The normalized spacial score (nSPS) is 10.1. The van der Waals surface area contributed by atoms with Crippen LogP contribution < -0.4 is 16.4 Å². The van der Waals surface area contributed by atoms with Crippen LogP contribution >= 0.6 is 0 Å². The number of hydrogen-bond donors (Lipinski definition) is 3. The van der Waals surface area contributed by atoms with Gasteiger partial charge in [0.05, 0.1) is 4.92 Å². The van der Waals surface area contributed by atoms with Crippen LogP contribution in [0.3, 0.4) is 0 Å². The first-order valence-corrected chi connectivity index (χ1v) is 7.60. The summed E-state index contributed by atoms with van der Waals surface area (Å²) >= 11 is 0. The molecule has 2 aromatic carbocycles. The first kappa shape index (κ1) is 17.9. The number of carbonyl (C=O) groups is 2. The second-order valence-electron chi connectivity index (χ2n) is 5.29. The lowest BCUT2D eigenvalue weighted by Crippen LogP contribution is -2.25. The number of para-hydroxylation sites is 2. The number of primary amides is 1. The van der Waals surface area contributed by atoms with Crippen molar-refractivity contribution in [3.63, 3.8) is 0 Å². The topological polar surface area (TPSA) is 127 Å². The Balaban J connectivity index is 1.81. The number of nitrogens with zero attached hydrogens (tertiary/aromatic N) is 1. The van der Waals surface area contributed by atoms with Gasteiger partial charge < -0.3 is 16.4 Å². The predicted octanol–water partition coefficient (Wildman–Crippen LogP) is 1.81. The maximum Gasteiger partial charge on any atom is 0.292 e. The molecular weight excluding hydrogens is 324 g/mol. The van der Waals surface area contributed by atoms with Crippen LogP contribution in [0, 0.1) is 10.1 Å². The third-order valence-electron chi connectivity index (χ3n) is 3.47. The number of rotatable bonds is 8. The molecule has 8 heteroatoms. The molecule has 0 spiro atoms. The molecule has 2 rings (SSSR count). The molecule has 0 saturated carbocycles. The van der Waals surface area contributed by atoms with Crippen LogP contribution in [-0.4, -0.2) is 23.3 Å². The molecule has 0 fully saturated rings. The SMILES string of the molecule is NC(=O)c1cccc(CNC(=O)CCNc2ccccc2[N+](=O)[O-])c1. The molecule has 0 aliphatic heterocycles. The van der Waals surface area contributed by atoms with Gasteiger partial charge in [0.1, 0.15) is 5.69 Å². The number of nitrogens with two attached hydrogens (primary N) is 1. The zero-order chi connectivity index (χ0) is 18.2. The van der Waals surface area contributed by atoms with Crippen molar-refractivity contribution in [2.24, 2.45) is 5.73 Å². The van der Waals surface area contributed by atoms with E-state index in [2.05, 4.69) is 10.6 Å². The highest BCUT2D eigenvalue weighted by Gasteiger charge is 2.12. The van der Waals surface area contributed by atoms with Gasteiger partial charge >= 0.3 is 0 Å². The summed E-state index contributed by atoms with van der Waals surface area (Å²) in [5, 5.41) is 16.5. The van der Waals surface area contributed by atoms with E-state index >= 15 is 0 Å². The Bertz CT molecular complexity index is 792. The molecule has 0 aliphatic rings. The molecule has 0 atom stereocenters. The summed E-state index contributed by atoms with van der Waals surface area (Å²) in [6.45, 7) is 0.531. The fourth-order valence-corrected chi connectivity index (χ4v) is 2.22. The van der Waals surface area contributed by atoms with Gasteiger partial charge in [-0.05, 0) is 23.8 Å². The van der Waals surface area contributed by atoms with E-state index in [4.69, 9.17) is 5.73 Å². The highest BCUT2D eigenvalue weighted by atomic mass is 16.6. The second-order valence-corrected chi connectivity index (χ2v) is 5.29. The molecule has 0 aromatic heterocycles. The molecular formula is C17H18N4O4. The minimum Gasteiger partial charge on any atom is -0.379 e. The Hall–Kier alpha value is -3.42. The average Bonchev–Trinajstić information content (AvgIpc) is 2.60. The number of nitrogens with one attached hydrogen (secondary N) is 2. The van der Waals surface area contributed by atoms with E-state index in [1.165, 1.54) is 6.07 Å². The Morgan fingerprint density at radius 3 is 2.60 bits per heavy atom. The van der Waals surface area contributed by atoms with Gasteiger partial charge in [-0.15, -0.1) is 0 Å². The van der Waals surface area contributed by atoms with Gasteiger partial charge in [0.2, 0.25) is 11.8 Å². The van der Waals surface area contributed by atoms with Crippen LogP contribution in [0.1, 0.15) is 22.3 Å². The first-order chi connectivity index (χ1) is 12.0. The Kier molecular flexibility index (Phi) is 6.05. The summed E-state index contributed by atoms with van der Waals surface area (Å²) in [6.07, 6.45) is 0.154. The minimum atomic E-state index is -0.526. The van der Waals surface area contributed by atoms with Crippen LogP contribution in [0.15, 0.2) is 48.5 Å². The maximum atomic E-state index is 11.9. The van der Waals surface area contributed by atoms with Crippen molar-refractivity contribution in [1.82, 2.24) is 5.32 Å². The Labute approximate surface area is 144 Å². The monoisotopic (exact) mass is 342 g/mol. The molecule has 25 heavy (non-hydrogen) atoms. The summed E-state index contributed by atoms with van der Waals surface area (Å²) in [4.78, 5) is 33.4. The van der Waals surface area contributed by atoms with Crippen molar-refractivity contribution in [3.8, 4) is 0 Å². The smallest absolute Gasteiger partial charge is 0.292 e. The highest BCUT2D eigenvalue weighted by Crippen LogP contribution is 2.22. The average molecular weight is 342 g/mol. The van der Waals surface area contributed by atoms with Crippen LogP contribution in [0.4, 0.5) is 11.4 Å². The number of nitro groups is 1. The largest absolute Gasteiger partial charge is 0.379 e. The number of amides is 2. The molecule has 8 nitrogen and oxygen atoms in total. The molecule has 4 N–H and O–H groups in total. The van der Waals surface area contributed by atoms with Crippen molar-refractivity contribution in [1.29, 1.82) is 0 Å². The van der Waals surface area contributed by atoms with Gasteiger partial charge in [0.15, 0.2) is 0 Å². The zero-order valence-electron chi connectivity index (χ0n) is 13.4. The fourth-order valence-electron chi connectivity index (χ4n) is 2.22. The second kappa shape index (κ2) is 8.44. The van der Waals surface area contributed by atoms with Crippen LogP contribution in [0.25, 0.3) is 0 Å². The van der Waals surface area contributed by atoms with E-state index < -0.39 is 10.8 Å². The lowest BCUT2D eigenvalue weighted by atomic mass is 10.1. The summed E-state index contributed by atoms with van der Waals surface area (Å²) in [5.41, 5.74) is 6.68. The molecule has 0 aliphatic carbocycles. The molecule has 2 aromatic rings. The van der Waals surface area contributed by atoms with Crippen molar-refractivity contribution in [2.45, 2.75) is 13.0 Å². The van der Waals surface area contributed by atoms with Crippen molar-refractivity contribution < 1.29 is 14.5 Å². The minimum absolute atomic E-state index is 0.0359. The Morgan fingerprint density at radius 2 is 1.88 bits per heavy atom. The van der Waals surface area contributed by atoms with E-state index in [0.717, 1.165) is 5.56 Å². The number of carbonyl (C=O) groups excluding carboxylic acids is 2. The van der Waals surface area contributed by atoms with Gasteiger partial charge in [-0.1, -0.05) is 24.3 Å². The molecule has 130 valence electrons. The zero-order valence-corrected chi connectivity index (χ0v) is 13.4. The lowest BCUT2D eigenvalue weighted by Gasteiger charge is -2.08. The van der Waals surface area contributed by atoms with E-state index in [1.54, 1.807) is 42.5 Å². The molecule has 0 saturated heterocycles. The van der Waals surface area contributed by atoms with Crippen LogP contribution in [0.2, 0.25) is 0 Å². The van der Waals surface area contributed by atoms with Gasteiger partial charge in [0, 0.05) is 31.1 Å². The maximum absolute atomic E-state index is 11.9. The van der Waals surface area contributed by atoms with Crippen molar-refractivity contribution in [2.75, 3.05) is 11.9 Å². The van der Waals surface area contributed by atoms with E-state index in [1.807, 2.05) is 0 Å². The third-order valence-corrected chi connectivity index (χ3v) is 3.47. The molecule has 0 bridgehead atoms. The first-order valence-electron chi connectivity index (χ1n) is 7.60. The predicted molar refractivity (Wildman–Crippen MR) is 93.0 cm³/mol.